The molecule has 0 aliphatic carbocycles. The minimum atomic E-state index is 0.262. The Morgan fingerprint density at radius 1 is 1.55 bits per heavy atom. The summed E-state index contributed by atoms with van der Waals surface area (Å²) in [4.78, 5) is 11.4. The van der Waals surface area contributed by atoms with Crippen LogP contribution < -0.4 is 5.32 Å². The minimum Gasteiger partial charge on any atom is -0.317 e. The van der Waals surface area contributed by atoms with Gasteiger partial charge < -0.3 is 5.32 Å². The molecule has 1 fully saturated rings. The number of rotatable bonds is 1. The van der Waals surface area contributed by atoms with Crippen molar-refractivity contribution in [2.24, 2.45) is 5.92 Å². The van der Waals surface area contributed by atoms with Crippen LogP contribution in [0.25, 0.3) is 0 Å². The zero-order valence-electron chi connectivity index (χ0n) is 6.64. The van der Waals surface area contributed by atoms with Crippen molar-refractivity contribution in [2.75, 3.05) is 20.1 Å². The van der Waals surface area contributed by atoms with Gasteiger partial charge in [-0.3, -0.25) is 7.91 Å². The fourth-order valence-electron chi connectivity index (χ4n) is 1.32. The van der Waals surface area contributed by atoms with Crippen molar-refractivity contribution < 1.29 is 4.79 Å². The molecular weight excluding hydrogens is 255 g/mol. The van der Waals surface area contributed by atoms with Crippen LogP contribution in [-0.2, 0) is 4.79 Å². The van der Waals surface area contributed by atoms with Crippen molar-refractivity contribution in [1.29, 1.82) is 0 Å². The quantitative estimate of drug-likeness (QED) is 0.563. The maximum Gasteiger partial charge on any atom is 0.234 e. The minimum absolute atomic E-state index is 0.262. The highest BCUT2D eigenvalue weighted by Crippen LogP contribution is 2.15. The molecule has 1 heterocycles. The van der Waals surface area contributed by atoms with Crippen LogP contribution in [0.1, 0.15) is 12.8 Å². The second-order valence-corrected chi connectivity index (χ2v) is 4.29. The number of carbonyl (C=O) groups is 1. The molecule has 1 amide bonds. The van der Waals surface area contributed by atoms with E-state index in [4.69, 9.17) is 0 Å². The van der Waals surface area contributed by atoms with Gasteiger partial charge in [-0.2, -0.15) is 0 Å². The molecule has 3 nitrogen and oxygen atoms in total. The van der Waals surface area contributed by atoms with Gasteiger partial charge in [0, 0.05) is 13.0 Å². The first-order valence-corrected chi connectivity index (χ1v) is 4.82. The molecule has 1 aliphatic heterocycles. The zero-order valence-corrected chi connectivity index (χ0v) is 8.80. The van der Waals surface area contributed by atoms with E-state index in [9.17, 15) is 4.79 Å². The Balaban J connectivity index is 2.39. The van der Waals surface area contributed by atoms with Gasteiger partial charge in [0.2, 0.25) is 5.91 Å². The molecular formula is C7H13IN2O. The number of carbonyl (C=O) groups excluding carboxylic acids is 1. The number of nitrogens with one attached hydrogen (secondary N) is 1. The maximum absolute atomic E-state index is 11.4. The van der Waals surface area contributed by atoms with Gasteiger partial charge in [0.05, 0.1) is 22.9 Å². The molecule has 0 saturated carbocycles. The fourth-order valence-corrected chi connectivity index (χ4v) is 1.71. The highest BCUT2D eigenvalue weighted by Gasteiger charge is 2.22. The summed E-state index contributed by atoms with van der Waals surface area (Å²) in [5, 5.41) is 3.24. The molecule has 1 aliphatic rings. The molecule has 0 atom stereocenters. The third-order valence-electron chi connectivity index (χ3n) is 1.99. The number of amides is 1. The standard InChI is InChI=1S/C7H13IN2O/c1-10(8)7(11)6-2-4-9-5-3-6/h6,9H,2-5H2,1H3. The SMILES string of the molecule is CN(I)C(=O)C1CCNCC1. The second kappa shape index (κ2) is 4.25. The molecule has 1 rings (SSSR count). The molecule has 0 radical (unpaired) electrons. The van der Waals surface area contributed by atoms with Gasteiger partial charge in [-0.15, -0.1) is 0 Å². The largest absolute Gasteiger partial charge is 0.317 e. The van der Waals surface area contributed by atoms with Gasteiger partial charge in [-0.1, -0.05) is 0 Å². The lowest BCUT2D eigenvalue weighted by Gasteiger charge is -2.23. The smallest absolute Gasteiger partial charge is 0.234 e. The third kappa shape index (κ3) is 2.59. The molecule has 0 aromatic heterocycles. The predicted octanol–water partition coefficient (Wildman–Crippen LogP) is 0.794. The van der Waals surface area contributed by atoms with Crippen molar-refractivity contribution in [3.8, 4) is 0 Å². The highest BCUT2D eigenvalue weighted by atomic mass is 127. The first-order valence-electron chi connectivity index (χ1n) is 3.86. The third-order valence-corrected chi connectivity index (χ3v) is 2.47. The molecule has 0 aromatic rings. The number of nitrogens with zero attached hydrogens (tertiary/aromatic N) is 1. The molecule has 0 aromatic carbocycles. The maximum atomic E-state index is 11.4. The first-order chi connectivity index (χ1) is 5.22. The number of hydrogen-bond donors (Lipinski definition) is 1. The van der Waals surface area contributed by atoms with Crippen molar-refractivity contribution in [2.45, 2.75) is 12.8 Å². The van der Waals surface area contributed by atoms with Gasteiger partial charge in [0.25, 0.3) is 0 Å². The van der Waals surface area contributed by atoms with E-state index >= 15 is 0 Å². The average Bonchev–Trinajstić information content (AvgIpc) is 2.05. The molecule has 0 unspecified atom stereocenters. The van der Waals surface area contributed by atoms with Crippen LogP contribution in [0.5, 0.6) is 0 Å². The van der Waals surface area contributed by atoms with E-state index in [2.05, 4.69) is 5.32 Å². The van der Waals surface area contributed by atoms with Crippen LogP contribution in [0.4, 0.5) is 0 Å². The van der Waals surface area contributed by atoms with Crippen LogP contribution in [0.2, 0.25) is 0 Å². The molecule has 4 heteroatoms. The van der Waals surface area contributed by atoms with Crippen molar-refractivity contribution >= 4 is 28.8 Å². The summed E-state index contributed by atoms with van der Waals surface area (Å²) in [7, 11) is 1.81. The lowest BCUT2D eigenvalue weighted by molar-refractivity contribution is -0.129. The average molecular weight is 268 g/mol. The zero-order chi connectivity index (χ0) is 8.27. The topological polar surface area (TPSA) is 32.3 Å². The summed E-state index contributed by atoms with van der Waals surface area (Å²) < 4.78 is 1.66. The lowest BCUT2D eigenvalue weighted by atomic mass is 9.97. The van der Waals surface area contributed by atoms with E-state index < -0.39 is 0 Å². The summed E-state index contributed by atoms with van der Waals surface area (Å²) in [6, 6.07) is 0. The molecule has 64 valence electrons. The monoisotopic (exact) mass is 268 g/mol. The lowest BCUT2D eigenvalue weighted by Crippen LogP contribution is -2.35. The number of halogens is 1. The fraction of sp³-hybridized carbons (Fsp3) is 0.857. The van der Waals surface area contributed by atoms with E-state index in [1.807, 2.05) is 29.9 Å². The van der Waals surface area contributed by atoms with Crippen LogP contribution >= 0.6 is 22.9 Å². The van der Waals surface area contributed by atoms with Crippen LogP contribution in [0, 0.1) is 5.92 Å². The molecule has 0 spiro atoms. The van der Waals surface area contributed by atoms with Crippen molar-refractivity contribution in [3.63, 3.8) is 0 Å². The van der Waals surface area contributed by atoms with Crippen molar-refractivity contribution in [3.05, 3.63) is 0 Å². The highest BCUT2D eigenvalue weighted by molar-refractivity contribution is 14.1. The Labute approximate surface area is 81.0 Å². The van der Waals surface area contributed by atoms with E-state index in [0.717, 1.165) is 25.9 Å². The summed E-state index contributed by atoms with van der Waals surface area (Å²) in [5.41, 5.74) is 0. The normalized spacial score (nSPS) is 19.8. The summed E-state index contributed by atoms with van der Waals surface area (Å²) in [5.74, 6) is 0.533. The molecule has 1 N–H and O–H groups in total. The Bertz CT molecular complexity index is 143. The Kier molecular flexibility index (Phi) is 3.58. The second-order valence-electron chi connectivity index (χ2n) is 2.84. The van der Waals surface area contributed by atoms with Crippen molar-refractivity contribution in [1.82, 2.24) is 8.43 Å². The van der Waals surface area contributed by atoms with Gasteiger partial charge >= 0.3 is 0 Å². The Hall–Kier alpha value is 0.160. The van der Waals surface area contributed by atoms with Crippen LogP contribution in [0.3, 0.4) is 0 Å². The summed E-state index contributed by atoms with van der Waals surface area (Å²) >= 11 is 2.03. The molecule has 1 saturated heterocycles. The molecule has 0 bridgehead atoms. The van der Waals surface area contributed by atoms with E-state index in [0.29, 0.717) is 0 Å². The van der Waals surface area contributed by atoms with E-state index in [1.54, 1.807) is 3.11 Å². The van der Waals surface area contributed by atoms with Gasteiger partial charge in [-0.05, 0) is 25.9 Å². The van der Waals surface area contributed by atoms with Crippen LogP contribution in [0.15, 0.2) is 0 Å². The van der Waals surface area contributed by atoms with Gasteiger partial charge in [0.15, 0.2) is 0 Å². The van der Waals surface area contributed by atoms with Gasteiger partial charge in [0.1, 0.15) is 0 Å². The van der Waals surface area contributed by atoms with Gasteiger partial charge in [-0.25, -0.2) is 0 Å². The Morgan fingerprint density at radius 3 is 2.55 bits per heavy atom. The summed E-state index contributed by atoms with van der Waals surface area (Å²) in [6.07, 6.45) is 1.98. The predicted molar refractivity (Wildman–Crippen MR) is 52.4 cm³/mol. The Morgan fingerprint density at radius 2 is 2.09 bits per heavy atom. The van der Waals surface area contributed by atoms with E-state index in [-0.39, 0.29) is 11.8 Å². The number of hydrogen-bond acceptors (Lipinski definition) is 2. The van der Waals surface area contributed by atoms with Crippen LogP contribution in [-0.4, -0.2) is 29.2 Å². The first kappa shape index (κ1) is 9.25. The summed E-state index contributed by atoms with van der Waals surface area (Å²) in [6.45, 7) is 1.97. The van der Waals surface area contributed by atoms with E-state index in [1.165, 1.54) is 0 Å². The molecule has 11 heavy (non-hydrogen) atoms. The number of piperidine rings is 1.